The van der Waals surface area contributed by atoms with E-state index in [1.807, 2.05) is 13.0 Å². The third kappa shape index (κ3) is 3.17. The van der Waals surface area contributed by atoms with Crippen LogP contribution in [0.5, 0.6) is 0 Å². The summed E-state index contributed by atoms with van der Waals surface area (Å²) in [5.41, 5.74) is 1.62. The molecule has 25 heavy (non-hydrogen) atoms. The molecule has 0 bridgehead atoms. The van der Waals surface area contributed by atoms with Crippen LogP contribution in [0.1, 0.15) is 31.0 Å². The van der Waals surface area contributed by atoms with Gasteiger partial charge in [-0.1, -0.05) is 24.8 Å². The summed E-state index contributed by atoms with van der Waals surface area (Å²) in [6.07, 6.45) is 1.63. The second-order valence-corrected chi connectivity index (χ2v) is 6.66. The summed E-state index contributed by atoms with van der Waals surface area (Å²) >= 11 is 1.44. The fourth-order valence-corrected chi connectivity index (χ4v) is 3.45. The molecule has 3 heterocycles. The van der Waals surface area contributed by atoms with Gasteiger partial charge in [0.2, 0.25) is 0 Å². The van der Waals surface area contributed by atoms with Gasteiger partial charge in [0, 0.05) is 11.9 Å². The van der Waals surface area contributed by atoms with Gasteiger partial charge in [-0.25, -0.2) is 9.78 Å². The molecule has 2 aromatic rings. The number of nitrogens with zero attached hydrogens (tertiary/aromatic N) is 2. The number of carbonyl (C=O) groups is 1. The first-order chi connectivity index (χ1) is 12.1. The lowest BCUT2D eigenvalue weighted by molar-refractivity contribution is -0.136. The number of carbonyl (C=O) groups excluding carboxylic acids is 1. The van der Waals surface area contributed by atoms with Crippen LogP contribution in [0.15, 0.2) is 45.6 Å². The molecular formula is C17H18N4O3S. The predicted molar refractivity (Wildman–Crippen MR) is 95.7 cm³/mol. The number of ether oxygens (including phenoxy) is 1. The highest BCUT2D eigenvalue weighted by molar-refractivity contribution is 7.99. The van der Waals surface area contributed by atoms with E-state index in [4.69, 9.17) is 4.74 Å². The Balaban J connectivity index is 2.25. The molecule has 1 aliphatic heterocycles. The first-order valence-electron chi connectivity index (χ1n) is 7.80. The van der Waals surface area contributed by atoms with Gasteiger partial charge in [-0.15, -0.1) is 0 Å². The van der Waals surface area contributed by atoms with Crippen molar-refractivity contribution in [1.82, 2.24) is 15.0 Å². The number of H-pyrrole nitrogens is 1. The minimum Gasteiger partial charge on any atom is -0.466 e. The Labute approximate surface area is 148 Å². The Hall–Kier alpha value is -2.61. The van der Waals surface area contributed by atoms with Crippen molar-refractivity contribution in [3.05, 3.63) is 57.3 Å². The summed E-state index contributed by atoms with van der Waals surface area (Å²) in [5.74, 6) is 0.0909. The van der Waals surface area contributed by atoms with Crippen molar-refractivity contribution in [3.63, 3.8) is 0 Å². The molecule has 0 saturated carbocycles. The third-order valence-corrected chi connectivity index (χ3v) is 4.65. The minimum atomic E-state index is -0.637. The number of esters is 1. The summed E-state index contributed by atoms with van der Waals surface area (Å²) < 4.78 is 4.93. The minimum absolute atomic E-state index is 0.294. The Morgan fingerprint density at radius 1 is 1.40 bits per heavy atom. The number of aromatic amines is 1. The molecule has 0 spiro atoms. The average Bonchev–Trinajstić information content (AvgIpc) is 2.61. The highest BCUT2D eigenvalue weighted by atomic mass is 32.2. The molecule has 0 aliphatic carbocycles. The summed E-state index contributed by atoms with van der Waals surface area (Å²) in [6, 6.07) is 5.38. The van der Waals surface area contributed by atoms with Crippen molar-refractivity contribution in [3.8, 4) is 0 Å². The van der Waals surface area contributed by atoms with Gasteiger partial charge in [-0.2, -0.15) is 0 Å². The fourth-order valence-electron chi connectivity index (χ4n) is 2.86. The number of hydrogen-bond acceptors (Lipinski definition) is 7. The molecule has 8 heteroatoms. The molecule has 7 nitrogen and oxygen atoms in total. The highest BCUT2D eigenvalue weighted by Crippen LogP contribution is 2.39. The monoisotopic (exact) mass is 358 g/mol. The standard InChI is InChI=1S/C17H18N4O3S/c1-4-25-17-20-14-13(15(22)21-17)12(10-7-5-6-8-18-10)11(9(2)19-14)16(23)24-3/h5-8,12H,4H2,1-3H3,(H2,19,20,21,22). The third-order valence-electron chi connectivity index (χ3n) is 3.89. The van der Waals surface area contributed by atoms with E-state index in [0.717, 1.165) is 5.75 Å². The highest BCUT2D eigenvalue weighted by Gasteiger charge is 2.36. The molecule has 1 atom stereocenters. The van der Waals surface area contributed by atoms with Crippen molar-refractivity contribution in [2.24, 2.45) is 0 Å². The summed E-state index contributed by atoms with van der Waals surface area (Å²) in [6.45, 7) is 3.75. The molecule has 130 valence electrons. The van der Waals surface area contributed by atoms with Crippen molar-refractivity contribution in [2.45, 2.75) is 24.9 Å². The second kappa shape index (κ2) is 7.10. The molecule has 1 aliphatic rings. The van der Waals surface area contributed by atoms with E-state index in [0.29, 0.717) is 33.5 Å². The second-order valence-electron chi connectivity index (χ2n) is 5.41. The zero-order valence-corrected chi connectivity index (χ0v) is 14.9. The zero-order valence-electron chi connectivity index (χ0n) is 14.1. The van der Waals surface area contributed by atoms with Gasteiger partial charge in [0.1, 0.15) is 5.82 Å². The molecule has 2 aromatic heterocycles. The predicted octanol–water partition coefficient (Wildman–Crippen LogP) is 2.28. The molecule has 3 rings (SSSR count). The van der Waals surface area contributed by atoms with E-state index < -0.39 is 11.9 Å². The number of thioether (sulfide) groups is 1. The van der Waals surface area contributed by atoms with Crippen LogP contribution in [0.2, 0.25) is 0 Å². The van der Waals surface area contributed by atoms with E-state index in [2.05, 4.69) is 20.3 Å². The number of allylic oxidation sites excluding steroid dienone is 1. The van der Waals surface area contributed by atoms with Crippen molar-refractivity contribution in [2.75, 3.05) is 18.2 Å². The van der Waals surface area contributed by atoms with Crippen molar-refractivity contribution >= 4 is 23.5 Å². The molecular weight excluding hydrogens is 340 g/mol. The van der Waals surface area contributed by atoms with Gasteiger partial charge >= 0.3 is 5.97 Å². The molecule has 0 fully saturated rings. The van der Waals surface area contributed by atoms with Crippen LogP contribution in [-0.2, 0) is 9.53 Å². The van der Waals surface area contributed by atoms with Crippen molar-refractivity contribution < 1.29 is 9.53 Å². The normalized spacial score (nSPS) is 16.2. The molecule has 1 unspecified atom stereocenters. The first-order valence-corrected chi connectivity index (χ1v) is 8.79. The van der Waals surface area contributed by atoms with Gasteiger partial charge in [-0.3, -0.25) is 9.78 Å². The van der Waals surface area contributed by atoms with E-state index >= 15 is 0 Å². The Kier molecular flexibility index (Phi) is 4.89. The van der Waals surface area contributed by atoms with Crippen LogP contribution >= 0.6 is 11.8 Å². The Bertz CT molecular complexity index is 893. The van der Waals surface area contributed by atoms with Gasteiger partial charge in [0.15, 0.2) is 5.16 Å². The number of hydrogen-bond donors (Lipinski definition) is 2. The van der Waals surface area contributed by atoms with E-state index in [-0.39, 0.29) is 5.56 Å². The van der Waals surface area contributed by atoms with Crippen LogP contribution in [-0.4, -0.2) is 33.8 Å². The number of nitrogens with one attached hydrogen (secondary N) is 2. The number of fused-ring (bicyclic) bond motifs is 1. The molecule has 0 amide bonds. The molecule has 0 saturated heterocycles. The maximum atomic E-state index is 12.8. The topological polar surface area (TPSA) is 97.0 Å². The van der Waals surface area contributed by atoms with Crippen LogP contribution in [0.3, 0.4) is 0 Å². The van der Waals surface area contributed by atoms with Crippen LogP contribution < -0.4 is 10.9 Å². The Morgan fingerprint density at radius 3 is 2.84 bits per heavy atom. The maximum absolute atomic E-state index is 12.8. The smallest absolute Gasteiger partial charge is 0.336 e. The molecule has 2 N–H and O–H groups in total. The van der Waals surface area contributed by atoms with Gasteiger partial charge in [0.25, 0.3) is 5.56 Å². The van der Waals surface area contributed by atoms with Gasteiger partial charge in [-0.05, 0) is 24.8 Å². The maximum Gasteiger partial charge on any atom is 0.336 e. The summed E-state index contributed by atoms with van der Waals surface area (Å²) in [4.78, 5) is 36.7. The molecule has 0 radical (unpaired) electrons. The number of aromatic nitrogens is 3. The number of rotatable bonds is 4. The van der Waals surface area contributed by atoms with E-state index in [9.17, 15) is 9.59 Å². The number of anilines is 1. The largest absolute Gasteiger partial charge is 0.466 e. The quantitative estimate of drug-likeness (QED) is 0.492. The lowest BCUT2D eigenvalue weighted by Crippen LogP contribution is -2.31. The molecule has 0 aromatic carbocycles. The van der Waals surface area contributed by atoms with Gasteiger partial charge in [0.05, 0.1) is 29.9 Å². The van der Waals surface area contributed by atoms with E-state index in [1.54, 1.807) is 25.3 Å². The van der Waals surface area contributed by atoms with E-state index in [1.165, 1.54) is 18.9 Å². The number of pyridine rings is 1. The SMILES string of the molecule is CCSc1nc2c(c(=O)[nH]1)C(c1ccccn1)C(C(=O)OC)=C(C)N2. The van der Waals surface area contributed by atoms with Gasteiger partial charge < -0.3 is 15.0 Å². The average molecular weight is 358 g/mol. The fraction of sp³-hybridized carbons (Fsp3) is 0.294. The van der Waals surface area contributed by atoms with Crippen LogP contribution in [0.4, 0.5) is 5.82 Å². The van der Waals surface area contributed by atoms with Crippen LogP contribution in [0.25, 0.3) is 0 Å². The summed E-state index contributed by atoms with van der Waals surface area (Å²) in [5, 5.41) is 3.61. The zero-order chi connectivity index (χ0) is 18.0. The lowest BCUT2D eigenvalue weighted by Gasteiger charge is -2.27. The lowest BCUT2D eigenvalue weighted by atomic mass is 9.85. The number of methoxy groups -OCH3 is 1. The van der Waals surface area contributed by atoms with Crippen molar-refractivity contribution in [1.29, 1.82) is 0 Å². The van der Waals surface area contributed by atoms with Crippen LogP contribution in [0, 0.1) is 0 Å². The first kappa shape index (κ1) is 17.2. The summed E-state index contributed by atoms with van der Waals surface area (Å²) in [7, 11) is 1.32. The Morgan fingerprint density at radius 2 is 2.20 bits per heavy atom.